The van der Waals surface area contributed by atoms with Crippen LogP contribution in [0.1, 0.15) is 31.4 Å². The number of likely N-dealkylation sites (N-methyl/N-ethyl adjacent to an activating group) is 1. The largest absolute Gasteiger partial charge is 0.345 e. The maximum absolute atomic E-state index is 11.4. The van der Waals surface area contributed by atoms with E-state index in [1.54, 1.807) is 11.9 Å². The molecule has 0 radical (unpaired) electrons. The van der Waals surface area contributed by atoms with E-state index >= 15 is 0 Å². The molecular formula is C16H22N2O. The molecule has 0 atom stereocenters. The SMILES string of the molecule is CC(C)Cc1ccc(CCN(C)C(=O)CC#N)cc1. The average molecular weight is 258 g/mol. The summed E-state index contributed by atoms with van der Waals surface area (Å²) >= 11 is 0. The highest BCUT2D eigenvalue weighted by atomic mass is 16.2. The van der Waals surface area contributed by atoms with Crippen LogP contribution >= 0.6 is 0 Å². The van der Waals surface area contributed by atoms with Crippen LogP contribution in [0.5, 0.6) is 0 Å². The standard InChI is InChI=1S/C16H22N2O/c1-13(2)12-15-6-4-14(5-7-15)9-11-18(3)16(19)8-10-17/h4-7,13H,8-9,11-12H2,1-3H3. The summed E-state index contributed by atoms with van der Waals surface area (Å²) < 4.78 is 0. The fourth-order valence-corrected chi connectivity index (χ4v) is 1.94. The Morgan fingerprint density at radius 2 is 1.84 bits per heavy atom. The Kier molecular flexibility index (Phi) is 6.08. The summed E-state index contributed by atoms with van der Waals surface area (Å²) in [5, 5.41) is 8.48. The van der Waals surface area contributed by atoms with E-state index in [0.717, 1.165) is 12.8 Å². The van der Waals surface area contributed by atoms with E-state index in [0.29, 0.717) is 12.5 Å². The van der Waals surface area contributed by atoms with E-state index in [1.807, 2.05) is 6.07 Å². The molecule has 1 aromatic rings. The van der Waals surface area contributed by atoms with Gasteiger partial charge < -0.3 is 4.90 Å². The highest BCUT2D eigenvalue weighted by molar-refractivity contribution is 5.77. The summed E-state index contributed by atoms with van der Waals surface area (Å²) in [5.74, 6) is 0.555. The maximum Gasteiger partial charge on any atom is 0.236 e. The zero-order valence-corrected chi connectivity index (χ0v) is 12.0. The Balaban J connectivity index is 2.46. The van der Waals surface area contributed by atoms with Crippen LogP contribution < -0.4 is 0 Å². The molecule has 0 aliphatic rings. The minimum atomic E-state index is -0.112. The van der Waals surface area contributed by atoms with Crippen molar-refractivity contribution in [1.82, 2.24) is 4.90 Å². The van der Waals surface area contributed by atoms with Gasteiger partial charge in [0.15, 0.2) is 0 Å². The second-order valence-corrected chi connectivity index (χ2v) is 5.31. The first-order chi connectivity index (χ1) is 9.02. The summed E-state index contributed by atoms with van der Waals surface area (Å²) in [5.41, 5.74) is 2.58. The van der Waals surface area contributed by atoms with Gasteiger partial charge in [-0.3, -0.25) is 4.79 Å². The van der Waals surface area contributed by atoms with Crippen LogP contribution in [0, 0.1) is 17.2 Å². The molecule has 1 amide bonds. The lowest BCUT2D eigenvalue weighted by atomic mass is 10.0. The highest BCUT2D eigenvalue weighted by Crippen LogP contribution is 2.10. The molecule has 0 saturated heterocycles. The molecule has 0 heterocycles. The molecule has 0 N–H and O–H groups in total. The summed E-state index contributed by atoms with van der Waals surface area (Å²) in [7, 11) is 1.74. The lowest BCUT2D eigenvalue weighted by molar-refractivity contribution is -0.128. The Morgan fingerprint density at radius 1 is 1.26 bits per heavy atom. The van der Waals surface area contributed by atoms with Gasteiger partial charge in [-0.2, -0.15) is 5.26 Å². The number of hydrogen-bond acceptors (Lipinski definition) is 2. The Hall–Kier alpha value is -1.82. The summed E-state index contributed by atoms with van der Waals surface area (Å²) in [6.07, 6.45) is 1.89. The summed E-state index contributed by atoms with van der Waals surface area (Å²) in [4.78, 5) is 13.1. The minimum Gasteiger partial charge on any atom is -0.345 e. The first kappa shape index (κ1) is 15.2. The second-order valence-electron chi connectivity index (χ2n) is 5.31. The normalized spacial score (nSPS) is 10.3. The van der Waals surface area contributed by atoms with Gasteiger partial charge >= 0.3 is 0 Å². The first-order valence-electron chi connectivity index (χ1n) is 6.71. The van der Waals surface area contributed by atoms with Crippen LogP contribution in [0.4, 0.5) is 0 Å². The van der Waals surface area contributed by atoms with E-state index in [1.165, 1.54) is 11.1 Å². The van der Waals surface area contributed by atoms with Crippen LogP contribution in [0.2, 0.25) is 0 Å². The van der Waals surface area contributed by atoms with Gasteiger partial charge in [0.05, 0.1) is 6.07 Å². The Labute approximate surface area is 115 Å². The molecule has 1 rings (SSSR count). The van der Waals surface area contributed by atoms with Crippen LogP contribution in [0.3, 0.4) is 0 Å². The van der Waals surface area contributed by atoms with Gasteiger partial charge in [0, 0.05) is 13.6 Å². The fourth-order valence-electron chi connectivity index (χ4n) is 1.94. The van der Waals surface area contributed by atoms with Crippen molar-refractivity contribution in [3.63, 3.8) is 0 Å². The van der Waals surface area contributed by atoms with Crippen molar-refractivity contribution in [2.45, 2.75) is 33.1 Å². The zero-order chi connectivity index (χ0) is 14.3. The van der Waals surface area contributed by atoms with Crippen LogP contribution in [-0.4, -0.2) is 24.4 Å². The minimum absolute atomic E-state index is 0.0379. The number of rotatable bonds is 6. The molecule has 1 aromatic carbocycles. The number of hydrogen-bond donors (Lipinski definition) is 0. The molecule has 0 bridgehead atoms. The number of benzene rings is 1. The molecule has 0 spiro atoms. The number of carbonyl (C=O) groups excluding carboxylic acids is 1. The lowest BCUT2D eigenvalue weighted by Crippen LogP contribution is -2.28. The van der Waals surface area contributed by atoms with Gasteiger partial charge in [-0.1, -0.05) is 38.1 Å². The first-order valence-corrected chi connectivity index (χ1v) is 6.71. The third kappa shape index (κ3) is 5.56. The van der Waals surface area contributed by atoms with E-state index < -0.39 is 0 Å². The number of carbonyl (C=O) groups is 1. The Bertz CT molecular complexity index is 443. The van der Waals surface area contributed by atoms with Gasteiger partial charge in [0.2, 0.25) is 5.91 Å². The van der Waals surface area contributed by atoms with Gasteiger partial charge in [0.25, 0.3) is 0 Å². The van der Waals surface area contributed by atoms with Crippen molar-refractivity contribution in [3.05, 3.63) is 35.4 Å². The van der Waals surface area contributed by atoms with Crippen LogP contribution in [-0.2, 0) is 17.6 Å². The molecule has 0 saturated carbocycles. The fraction of sp³-hybridized carbons (Fsp3) is 0.500. The van der Waals surface area contributed by atoms with Crippen molar-refractivity contribution < 1.29 is 4.79 Å². The average Bonchev–Trinajstić information content (AvgIpc) is 2.37. The number of nitrogens with zero attached hydrogens (tertiary/aromatic N) is 2. The predicted octanol–water partition coefficient (Wildman–Crippen LogP) is 2.80. The summed E-state index contributed by atoms with van der Waals surface area (Å²) in [6, 6.07) is 10.4. The van der Waals surface area contributed by atoms with Gasteiger partial charge in [-0.25, -0.2) is 0 Å². The molecule has 0 aliphatic heterocycles. The van der Waals surface area contributed by atoms with Gasteiger partial charge in [-0.15, -0.1) is 0 Å². The number of amides is 1. The third-order valence-electron chi connectivity index (χ3n) is 3.06. The predicted molar refractivity (Wildman–Crippen MR) is 76.6 cm³/mol. The van der Waals surface area contributed by atoms with E-state index in [2.05, 4.69) is 38.1 Å². The second kappa shape index (κ2) is 7.58. The van der Waals surface area contributed by atoms with Crippen LogP contribution in [0.15, 0.2) is 24.3 Å². The van der Waals surface area contributed by atoms with E-state index in [4.69, 9.17) is 5.26 Å². The maximum atomic E-state index is 11.4. The molecular weight excluding hydrogens is 236 g/mol. The topological polar surface area (TPSA) is 44.1 Å². The van der Waals surface area contributed by atoms with Crippen molar-refractivity contribution in [2.75, 3.05) is 13.6 Å². The van der Waals surface area contributed by atoms with E-state index in [-0.39, 0.29) is 12.3 Å². The van der Waals surface area contributed by atoms with Crippen molar-refractivity contribution >= 4 is 5.91 Å². The van der Waals surface area contributed by atoms with Crippen molar-refractivity contribution in [1.29, 1.82) is 5.26 Å². The zero-order valence-electron chi connectivity index (χ0n) is 12.0. The monoisotopic (exact) mass is 258 g/mol. The van der Waals surface area contributed by atoms with Crippen molar-refractivity contribution in [3.8, 4) is 6.07 Å². The molecule has 102 valence electrons. The van der Waals surface area contributed by atoms with Gasteiger partial charge in [0.1, 0.15) is 6.42 Å². The molecule has 19 heavy (non-hydrogen) atoms. The van der Waals surface area contributed by atoms with Crippen molar-refractivity contribution in [2.24, 2.45) is 5.92 Å². The molecule has 0 unspecified atom stereocenters. The molecule has 0 aliphatic carbocycles. The third-order valence-corrected chi connectivity index (χ3v) is 3.06. The molecule has 0 aromatic heterocycles. The van der Waals surface area contributed by atoms with Gasteiger partial charge in [-0.05, 0) is 29.9 Å². The van der Waals surface area contributed by atoms with E-state index in [9.17, 15) is 4.79 Å². The quantitative estimate of drug-likeness (QED) is 0.787. The smallest absolute Gasteiger partial charge is 0.236 e. The summed E-state index contributed by atoms with van der Waals surface area (Å²) in [6.45, 7) is 5.08. The molecule has 3 nitrogen and oxygen atoms in total. The van der Waals surface area contributed by atoms with Crippen LogP contribution in [0.25, 0.3) is 0 Å². The lowest BCUT2D eigenvalue weighted by Gasteiger charge is -2.15. The highest BCUT2D eigenvalue weighted by Gasteiger charge is 2.07. The molecule has 3 heteroatoms. The Morgan fingerprint density at radius 3 is 2.37 bits per heavy atom. The molecule has 0 fully saturated rings. The number of nitriles is 1.